The van der Waals surface area contributed by atoms with E-state index in [-0.39, 0.29) is 0 Å². The van der Waals surface area contributed by atoms with Crippen LogP contribution in [0.4, 0.5) is 0 Å². The predicted molar refractivity (Wildman–Crippen MR) is 60.6 cm³/mol. The van der Waals surface area contributed by atoms with Gasteiger partial charge in [0.1, 0.15) is 5.52 Å². The molecule has 0 fully saturated rings. The van der Waals surface area contributed by atoms with E-state index in [1.807, 2.05) is 29.9 Å². The average molecular weight is 204 g/mol. The van der Waals surface area contributed by atoms with E-state index in [4.69, 9.17) is 0 Å². The molecule has 0 spiro atoms. The minimum Gasteiger partial charge on any atom is -0.319 e. The number of nitrogens with one attached hydrogen (secondary N) is 1. The van der Waals surface area contributed by atoms with Crippen molar-refractivity contribution < 1.29 is 0 Å². The van der Waals surface area contributed by atoms with Gasteiger partial charge in [-0.1, -0.05) is 24.3 Å². The first-order valence-electron chi connectivity index (χ1n) is 5.24. The van der Waals surface area contributed by atoms with Crippen LogP contribution in [0.5, 0.6) is 0 Å². The predicted octanol–water partition coefficient (Wildman–Crippen LogP) is 1.29. The maximum Gasteiger partial charge on any atom is 0.113 e. The second-order valence-electron chi connectivity index (χ2n) is 3.92. The highest BCUT2D eigenvalue weighted by Gasteiger charge is 2.06. The molecule has 0 aliphatic heterocycles. The molecule has 1 N–H and O–H groups in total. The molecule has 2 aromatic rings. The number of hydrogen-bond acceptors (Lipinski definition) is 3. The van der Waals surface area contributed by atoms with E-state index in [1.165, 1.54) is 0 Å². The summed E-state index contributed by atoms with van der Waals surface area (Å²) in [6, 6.07) is 8.05. The zero-order valence-electron chi connectivity index (χ0n) is 9.14. The van der Waals surface area contributed by atoms with E-state index in [0.717, 1.165) is 24.1 Å². The van der Waals surface area contributed by atoms with Gasteiger partial charge in [-0.15, -0.1) is 5.10 Å². The van der Waals surface area contributed by atoms with Crippen molar-refractivity contribution in [3.8, 4) is 0 Å². The molecule has 0 saturated heterocycles. The molecule has 0 bridgehead atoms. The van der Waals surface area contributed by atoms with Crippen LogP contribution in [0.15, 0.2) is 24.3 Å². The van der Waals surface area contributed by atoms with E-state index >= 15 is 0 Å². The third-order valence-corrected chi connectivity index (χ3v) is 2.46. The van der Waals surface area contributed by atoms with Gasteiger partial charge in [0.15, 0.2) is 0 Å². The molecule has 15 heavy (non-hydrogen) atoms. The lowest BCUT2D eigenvalue weighted by molar-refractivity contribution is 0.436. The van der Waals surface area contributed by atoms with Crippen LogP contribution in [0.2, 0.25) is 0 Å². The summed E-state index contributed by atoms with van der Waals surface area (Å²) in [7, 11) is 1.97. The highest BCUT2D eigenvalue weighted by molar-refractivity contribution is 5.73. The van der Waals surface area contributed by atoms with E-state index in [2.05, 4.69) is 28.6 Å². The van der Waals surface area contributed by atoms with Gasteiger partial charge in [-0.2, -0.15) is 0 Å². The number of rotatable bonds is 4. The Labute approximate surface area is 89.3 Å². The zero-order valence-corrected chi connectivity index (χ0v) is 9.14. The first-order valence-corrected chi connectivity index (χ1v) is 5.24. The molecular formula is C11H16N4. The summed E-state index contributed by atoms with van der Waals surface area (Å²) in [5.41, 5.74) is 2.08. The minimum atomic E-state index is 0.556. The monoisotopic (exact) mass is 204 g/mol. The summed E-state index contributed by atoms with van der Waals surface area (Å²) in [6.07, 6.45) is 0. The maximum absolute atomic E-state index is 4.16. The number of benzene rings is 1. The van der Waals surface area contributed by atoms with Crippen molar-refractivity contribution in [3.05, 3.63) is 24.3 Å². The van der Waals surface area contributed by atoms with Crippen molar-refractivity contribution in [1.29, 1.82) is 0 Å². The maximum atomic E-state index is 4.16. The molecule has 0 saturated carbocycles. The summed E-state index contributed by atoms with van der Waals surface area (Å²) >= 11 is 0. The summed E-state index contributed by atoms with van der Waals surface area (Å²) in [5, 5.41) is 11.4. The van der Waals surface area contributed by atoms with Crippen molar-refractivity contribution in [2.24, 2.45) is 5.92 Å². The summed E-state index contributed by atoms with van der Waals surface area (Å²) in [4.78, 5) is 0. The molecule has 0 aliphatic rings. The number of hydrogen-bond donors (Lipinski definition) is 1. The first-order chi connectivity index (χ1) is 7.31. The lowest BCUT2D eigenvalue weighted by Crippen LogP contribution is -2.21. The smallest absolute Gasteiger partial charge is 0.113 e. The van der Waals surface area contributed by atoms with E-state index in [0.29, 0.717) is 5.92 Å². The normalized spacial score (nSPS) is 13.2. The van der Waals surface area contributed by atoms with Crippen LogP contribution in [0.25, 0.3) is 11.0 Å². The third kappa shape index (κ3) is 2.15. The molecule has 4 nitrogen and oxygen atoms in total. The van der Waals surface area contributed by atoms with Crippen LogP contribution in [-0.4, -0.2) is 28.6 Å². The summed E-state index contributed by atoms with van der Waals surface area (Å²) < 4.78 is 1.97. The molecular weight excluding hydrogens is 188 g/mol. The Bertz CT molecular complexity index is 435. The fourth-order valence-corrected chi connectivity index (χ4v) is 1.76. The Morgan fingerprint density at radius 3 is 3.00 bits per heavy atom. The topological polar surface area (TPSA) is 42.7 Å². The SMILES string of the molecule is CNCC(C)Cn1nnc2ccccc21. The van der Waals surface area contributed by atoms with Crippen LogP contribution in [0.1, 0.15) is 6.92 Å². The summed E-state index contributed by atoms with van der Waals surface area (Å²) in [5.74, 6) is 0.556. The Hall–Kier alpha value is -1.42. The van der Waals surface area contributed by atoms with Crippen LogP contribution < -0.4 is 5.32 Å². The van der Waals surface area contributed by atoms with Crippen molar-refractivity contribution in [2.45, 2.75) is 13.5 Å². The number of nitrogens with zero attached hydrogens (tertiary/aromatic N) is 3. The highest BCUT2D eigenvalue weighted by atomic mass is 15.4. The molecule has 2 rings (SSSR count). The van der Waals surface area contributed by atoms with Crippen molar-refractivity contribution in [1.82, 2.24) is 20.3 Å². The van der Waals surface area contributed by atoms with Gasteiger partial charge in [0.25, 0.3) is 0 Å². The molecule has 1 aromatic heterocycles. The third-order valence-electron chi connectivity index (χ3n) is 2.46. The van der Waals surface area contributed by atoms with E-state index in [1.54, 1.807) is 0 Å². The Kier molecular flexibility index (Phi) is 2.97. The van der Waals surface area contributed by atoms with Gasteiger partial charge in [0.2, 0.25) is 0 Å². The summed E-state index contributed by atoms with van der Waals surface area (Å²) in [6.45, 7) is 4.10. The van der Waals surface area contributed by atoms with Crippen LogP contribution in [0, 0.1) is 5.92 Å². The van der Waals surface area contributed by atoms with Gasteiger partial charge < -0.3 is 5.32 Å². The van der Waals surface area contributed by atoms with Gasteiger partial charge in [0.05, 0.1) is 5.52 Å². The molecule has 1 unspecified atom stereocenters. The van der Waals surface area contributed by atoms with Gasteiger partial charge >= 0.3 is 0 Å². The molecule has 80 valence electrons. The standard InChI is InChI=1S/C11H16N4/c1-9(7-12-2)8-15-11-6-4-3-5-10(11)13-14-15/h3-6,9,12H,7-8H2,1-2H3. The van der Waals surface area contributed by atoms with Crippen molar-refractivity contribution >= 4 is 11.0 Å². The molecule has 1 heterocycles. The number of para-hydroxylation sites is 1. The van der Waals surface area contributed by atoms with Gasteiger partial charge in [-0.25, -0.2) is 4.68 Å². The molecule has 0 amide bonds. The Morgan fingerprint density at radius 1 is 1.40 bits per heavy atom. The van der Waals surface area contributed by atoms with E-state index < -0.39 is 0 Å². The quantitative estimate of drug-likeness (QED) is 0.816. The molecule has 1 atom stereocenters. The zero-order chi connectivity index (χ0) is 10.7. The van der Waals surface area contributed by atoms with Gasteiger partial charge in [-0.05, 0) is 31.6 Å². The molecule has 4 heteroatoms. The van der Waals surface area contributed by atoms with Crippen molar-refractivity contribution in [2.75, 3.05) is 13.6 Å². The first kappa shape index (κ1) is 10.1. The van der Waals surface area contributed by atoms with Gasteiger partial charge in [-0.3, -0.25) is 0 Å². The van der Waals surface area contributed by atoms with Crippen LogP contribution >= 0.6 is 0 Å². The Balaban J connectivity index is 2.21. The number of fused-ring (bicyclic) bond motifs is 1. The second kappa shape index (κ2) is 4.40. The minimum absolute atomic E-state index is 0.556. The average Bonchev–Trinajstić information content (AvgIpc) is 2.62. The largest absolute Gasteiger partial charge is 0.319 e. The molecule has 1 aromatic carbocycles. The Morgan fingerprint density at radius 2 is 2.20 bits per heavy atom. The van der Waals surface area contributed by atoms with Gasteiger partial charge in [0, 0.05) is 6.54 Å². The highest BCUT2D eigenvalue weighted by Crippen LogP contribution is 2.11. The number of aromatic nitrogens is 3. The lowest BCUT2D eigenvalue weighted by Gasteiger charge is -2.10. The van der Waals surface area contributed by atoms with E-state index in [9.17, 15) is 0 Å². The fourth-order valence-electron chi connectivity index (χ4n) is 1.76. The van der Waals surface area contributed by atoms with Crippen LogP contribution in [0.3, 0.4) is 0 Å². The second-order valence-corrected chi connectivity index (χ2v) is 3.92. The van der Waals surface area contributed by atoms with Crippen LogP contribution in [-0.2, 0) is 6.54 Å². The molecule has 0 aliphatic carbocycles. The molecule has 0 radical (unpaired) electrons. The lowest BCUT2D eigenvalue weighted by atomic mass is 10.2. The van der Waals surface area contributed by atoms with Crippen molar-refractivity contribution in [3.63, 3.8) is 0 Å². The fraction of sp³-hybridized carbons (Fsp3) is 0.455.